The maximum atomic E-state index is 6.09. The Hall–Kier alpha value is -0.220. The fourth-order valence-corrected chi connectivity index (χ4v) is 2.95. The van der Waals surface area contributed by atoms with Crippen molar-refractivity contribution in [1.82, 2.24) is 4.98 Å². The molecule has 1 heterocycles. The summed E-state index contributed by atoms with van der Waals surface area (Å²) in [5, 5.41) is 1.37. The first kappa shape index (κ1) is 12.2. The second kappa shape index (κ2) is 5.41. The maximum absolute atomic E-state index is 6.09. The molecule has 0 radical (unpaired) electrons. The molecular formula is C11H6BrCl2NS. The van der Waals surface area contributed by atoms with Crippen molar-refractivity contribution < 1.29 is 0 Å². The van der Waals surface area contributed by atoms with Crippen LogP contribution in [0.1, 0.15) is 0 Å². The van der Waals surface area contributed by atoms with Crippen molar-refractivity contribution in [2.45, 2.75) is 9.79 Å². The average molecular weight is 335 g/mol. The standard InChI is InChI=1S/C11H6BrCl2NS/c12-8-6-15-4-3-10(8)16-11-5-7(13)1-2-9(11)14/h1-6H. The highest BCUT2D eigenvalue weighted by molar-refractivity contribution is 9.10. The number of rotatable bonds is 2. The van der Waals surface area contributed by atoms with Crippen LogP contribution in [0.15, 0.2) is 50.9 Å². The third-order valence-electron chi connectivity index (χ3n) is 1.85. The van der Waals surface area contributed by atoms with E-state index in [0.29, 0.717) is 10.0 Å². The highest BCUT2D eigenvalue weighted by Crippen LogP contribution is 2.37. The van der Waals surface area contributed by atoms with Crippen molar-refractivity contribution in [3.63, 3.8) is 0 Å². The average Bonchev–Trinajstić information content (AvgIpc) is 2.27. The van der Waals surface area contributed by atoms with Crippen LogP contribution in [0.3, 0.4) is 0 Å². The van der Waals surface area contributed by atoms with Crippen molar-refractivity contribution in [2.75, 3.05) is 0 Å². The van der Waals surface area contributed by atoms with Gasteiger partial charge in [0.1, 0.15) is 0 Å². The second-order valence-corrected chi connectivity index (χ2v) is 5.76. The molecule has 0 unspecified atom stereocenters. The van der Waals surface area contributed by atoms with Gasteiger partial charge in [-0.3, -0.25) is 4.98 Å². The lowest BCUT2D eigenvalue weighted by molar-refractivity contribution is 1.23. The Balaban J connectivity index is 2.34. The third kappa shape index (κ3) is 2.92. The number of halogens is 3. The summed E-state index contributed by atoms with van der Waals surface area (Å²) in [5.41, 5.74) is 0. The number of hydrogen-bond donors (Lipinski definition) is 0. The van der Waals surface area contributed by atoms with Crippen LogP contribution in [0.25, 0.3) is 0 Å². The minimum atomic E-state index is 0.678. The van der Waals surface area contributed by atoms with Gasteiger partial charge >= 0.3 is 0 Å². The molecule has 0 N–H and O–H groups in total. The van der Waals surface area contributed by atoms with E-state index in [2.05, 4.69) is 20.9 Å². The molecule has 2 rings (SSSR count). The summed E-state index contributed by atoms with van der Waals surface area (Å²) in [6.45, 7) is 0. The molecule has 0 fully saturated rings. The molecule has 5 heteroatoms. The molecule has 0 atom stereocenters. The van der Waals surface area contributed by atoms with Gasteiger partial charge in [-0.1, -0.05) is 35.0 Å². The quantitative estimate of drug-likeness (QED) is 0.738. The molecular weight excluding hydrogens is 329 g/mol. The van der Waals surface area contributed by atoms with E-state index in [1.165, 1.54) is 0 Å². The van der Waals surface area contributed by atoms with E-state index < -0.39 is 0 Å². The lowest BCUT2D eigenvalue weighted by Crippen LogP contribution is -1.79. The van der Waals surface area contributed by atoms with Crippen LogP contribution in [0.4, 0.5) is 0 Å². The van der Waals surface area contributed by atoms with Crippen molar-refractivity contribution >= 4 is 50.9 Å². The van der Waals surface area contributed by atoms with Gasteiger partial charge < -0.3 is 0 Å². The second-order valence-electron chi connectivity index (χ2n) is 2.98. The molecule has 2 aromatic rings. The van der Waals surface area contributed by atoms with E-state index in [4.69, 9.17) is 23.2 Å². The molecule has 0 saturated heterocycles. The van der Waals surface area contributed by atoms with Gasteiger partial charge in [0, 0.05) is 31.7 Å². The normalized spacial score (nSPS) is 10.4. The summed E-state index contributed by atoms with van der Waals surface area (Å²) in [6.07, 6.45) is 3.49. The van der Waals surface area contributed by atoms with Crippen LogP contribution in [0.2, 0.25) is 10.0 Å². The topological polar surface area (TPSA) is 12.9 Å². The van der Waals surface area contributed by atoms with Crippen LogP contribution < -0.4 is 0 Å². The predicted octanol–water partition coefficient (Wildman–Crippen LogP) is 5.30. The van der Waals surface area contributed by atoms with Crippen LogP contribution in [0, 0.1) is 0 Å². The molecule has 16 heavy (non-hydrogen) atoms. The first-order chi connectivity index (χ1) is 7.66. The van der Waals surface area contributed by atoms with E-state index in [0.717, 1.165) is 14.3 Å². The Morgan fingerprint density at radius 2 is 1.94 bits per heavy atom. The van der Waals surface area contributed by atoms with Gasteiger partial charge in [-0.15, -0.1) is 0 Å². The summed E-state index contributed by atoms with van der Waals surface area (Å²) < 4.78 is 0.941. The van der Waals surface area contributed by atoms with Crippen LogP contribution in [-0.4, -0.2) is 4.98 Å². The zero-order chi connectivity index (χ0) is 11.5. The molecule has 82 valence electrons. The number of aromatic nitrogens is 1. The molecule has 0 saturated carbocycles. The van der Waals surface area contributed by atoms with Crippen molar-refractivity contribution in [3.05, 3.63) is 51.2 Å². The highest BCUT2D eigenvalue weighted by atomic mass is 79.9. The Bertz CT molecular complexity index is 519. The predicted molar refractivity (Wildman–Crippen MR) is 72.5 cm³/mol. The van der Waals surface area contributed by atoms with Gasteiger partial charge in [-0.05, 0) is 40.2 Å². The fourth-order valence-electron chi connectivity index (χ4n) is 1.12. The van der Waals surface area contributed by atoms with Crippen LogP contribution >= 0.6 is 50.9 Å². The van der Waals surface area contributed by atoms with Crippen LogP contribution in [-0.2, 0) is 0 Å². The van der Waals surface area contributed by atoms with Gasteiger partial charge in [0.2, 0.25) is 0 Å². The fraction of sp³-hybridized carbons (Fsp3) is 0. The zero-order valence-electron chi connectivity index (χ0n) is 7.95. The summed E-state index contributed by atoms with van der Waals surface area (Å²) >= 11 is 17.0. The minimum absolute atomic E-state index is 0.678. The first-order valence-corrected chi connectivity index (χ1v) is 6.76. The summed E-state index contributed by atoms with van der Waals surface area (Å²) in [5.74, 6) is 0. The largest absolute Gasteiger partial charge is 0.263 e. The van der Waals surface area contributed by atoms with E-state index in [9.17, 15) is 0 Å². The Labute approximate surface area is 116 Å². The first-order valence-electron chi connectivity index (χ1n) is 4.39. The minimum Gasteiger partial charge on any atom is -0.263 e. The molecule has 0 aliphatic heterocycles. The number of benzene rings is 1. The monoisotopic (exact) mass is 333 g/mol. The van der Waals surface area contributed by atoms with E-state index in [1.54, 1.807) is 36.3 Å². The summed E-state index contributed by atoms with van der Waals surface area (Å²) in [6, 6.07) is 7.34. The van der Waals surface area contributed by atoms with E-state index >= 15 is 0 Å². The Morgan fingerprint density at radius 3 is 2.69 bits per heavy atom. The summed E-state index contributed by atoms with van der Waals surface area (Å²) in [4.78, 5) is 5.99. The highest BCUT2D eigenvalue weighted by Gasteiger charge is 2.06. The number of nitrogens with zero attached hydrogens (tertiary/aromatic N) is 1. The van der Waals surface area contributed by atoms with E-state index in [-0.39, 0.29) is 0 Å². The Morgan fingerprint density at radius 1 is 1.12 bits per heavy atom. The molecule has 0 bridgehead atoms. The van der Waals surface area contributed by atoms with Gasteiger partial charge in [0.25, 0.3) is 0 Å². The maximum Gasteiger partial charge on any atom is 0.0546 e. The third-order valence-corrected chi connectivity index (χ3v) is 4.55. The molecule has 0 amide bonds. The summed E-state index contributed by atoms with van der Waals surface area (Å²) in [7, 11) is 0. The molecule has 1 nitrogen and oxygen atoms in total. The number of hydrogen-bond acceptors (Lipinski definition) is 2. The number of pyridine rings is 1. The van der Waals surface area contributed by atoms with Crippen molar-refractivity contribution in [2.24, 2.45) is 0 Å². The van der Waals surface area contributed by atoms with E-state index in [1.807, 2.05) is 12.1 Å². The Kier molecular flexibility index (Phi) is 4.14. The van der Waals surface area contributed by atoms with Gasteiger partial charge in [0.15, 0.2) is 0 Å². The van der Waals surface area contributed by atoms with Gasteiger partial charge in [0.05, 0.1) is 5.02 Å². The van der Waals surface area contributed by atoms with Gasteiger partial charge in [-0.2, -0.15) is 0 Å². The molecule has 0 aliphatic carbocycles. The molecule has 1 aromatic carbocycles. The van der Waals surface area contributed by atoms with Gasteiger partial charge in [-0.25, -0.2) is 0 Å². The molecule has 0 aliphatic rings. The smallest absolute Gasteiger partial charge is 0.0546 e. The zero-order valence-corrected chi connectivity index (χ0v) is 11.9. The van der Waals surface area contributed by atoms with Crippen molar-refractivity contribution in [3.8, 4) is 0 Å². The van der Waals surface area contributed by atoms with Crippen LogP contribution in [0.5, 0.6) is 0 Å². The van der Waals surface area contributed by atoms with Crippen molar-refractivity contribution in [1.29, 1.82) is 0 Å². The lowest BCUT2D eigenvalue weighted by Gasteiger charge is -2.05. The lowest BCUT2D eigenvalue weighted by atomic mass is 10.4. The SMILES string of the molecule is Clc1ccc(Cl)c(Sc2ccncc2Br)c1. The molecule has 0 spiro atoms. The molecule has 1 aromatic heterocycles.